The number of carboxylic acids is 1. The van der Waals surface area contributed by atoms with E-state index in [0.717, 1.165) is 24.8 Å². The molecule has 2 amide bonds. The number of hydrogen-bond donors (Lipinski definition) is 3. The molecule has 96 valence electrons. The number of amides is 2. The lowest BCUT2D eigenvalue weighted by molar-refractivity contribution is -0.142. The first-order valence-electron chi connectivity index (χ1n) is 5.89. The van der Waals surface area contributed by atoms with E-state index >= 15 is 0 Å². The molecular formula is C12H20N2O3. The monoisotopic (exact) mass is 240 g/mol. The lowest BCUT2D eigenvalue weighted by Crippen LogP contribution is -2.40. The van der Waals surface area contributed by atoms with E-state index in [0.29, 0.717) is 13.1 Å². The fourth-order valence-electron chi connectivity index (χ4n) is 2.12. The largest absolute Gasteiger partial charge is 0.481 e. The van der Waals surface area contributed by atoms with Crippen molar-refractivity contribution in [1.29, 1.82) is 0 Å². The van der Waals surface area contributed by atoms with Gasteiger partial charge in [-0.2, -0.15) is 0 Å². The molecule has 0 aromatic carbocycles. The summed E-state index contributed by atoms with van der Waals surface area (Å²) in [6, 6.07) is -0.260. The summed E-state index contributed by atoms with van der Waals surface area (Å²) in [6.45, 7) is 6.38. The summed E-state index contributed by atoms with van der Waals surface area (Å²) in [4.78, 5) is 22.3. The molecule has 2 atom stereocenters. The molecule has 5 nitrogen and oxygen atoms in total. The van der Waals surface area contributed by atoms with Gasteiger partial charge in [0.05, 0.1) is 5.92 Å². The van der Waals surface area contributed by atoms with Crippen LogP contribution >= 0.6 is 0 Å². The molecule has 3 N–H and O–H groups in total. The molecule has 0 bridgehead atoms. The highest BCUT2D eigenvalue weighted by Crippen LogP contribution is 2.31. The van der Waals surface area contributed by atoms with E-state index < -0.39 is 5.97 Å². The number of hydrogen-bond acceptors (Lipinski definition) is 2. The molecule has 17 heavy (non-hydrogen) atoms. The summed E-state index contributed by atoms with van der Waals surface area (Å²) < 4.78 is 0. The summed E-state index contributed by atoms with van der Waals surface area (Å²) in [5, 5.41) is 14.3. The van der Waals surface area contributed by atoms with Crippen molar-refractivity contribution in [3.05, 3.63) is 12.2 Å². The third-order valence-electron chi connectivity index (χ3n) is 3.05. The molecule has 0 saturated heterocycles. The van der Waals surface area contributed by atoms with Crippen molar-refractivity contribution in [3.63, 3.8) is 0 Å². The molecule has 2 unspecified atom stereocenters. The second-order valence-corrected chi connectivity index (χ2v) is 4.66. The van der Waals surface area contributed by atoms with Gasteiger partial charge in [-0.1, -0.05) is 18.6 Å². The normalized spacial score (nSPS) is 23.1. The minimum Gasteiger partial charge on any atom is -0.481 e. The Bertz CT molecular complexity index is 315. The average Bonchev–Trinajstić information content (AvgIpc) is 2.71. The molecule has 0 heterocycles. The van der Waals surface area contributed by atoms with Crippen molar-refractivity contribution >= 4 is 12.0 Å². The van der Waals surface area contributed by atoms with Crippen LogP contribution in [0.1, 0.15) is 26.2 Å². The van der Waals surface area contributed by atoms with Crippen LogP contribution in [0.5, 0.6) is 0 Å². The highest BCUT2D eigenvalue weighted by molar-refractivity contribution is 5.74. The number of nitrogens with one attached hydrogen (secondary N) is 2. The van der Waals surface area contributed by atoms with Crippen molar-refractivity contribution < 1.29 is 14.7 Å². The summed E-state index contributed by atoms with van der Waals surface area (Å²) in [5.41, 5.74) is 0.879. The van der Waals surface area contributed by atoms with Crippen molar-refractivity contribution in [3.8, 4) is 0 Å². The SMILES string of the molecule is C=C(C)CNC(=O)NCC1CCCC1C(=O)O. The maximum atomic E-state index is 11.4. The van der Waals surface area contributed by atoms with Gasteiger partial charge >= 0.3 is 12.0 Å². The number of urea groups is 1. The van der Waals surface area contributed by atoms with Crippen molar-refractivity contribution in [1.82, 2.24) is 10.6 Å². The Morgan fingerprint density at radius 3 is 2.65 bits per heavy atom. The summed E-state index contributed by atoms with van der Waals surface area (Å²) in [5.74, 6) is -1.00. The van der Waals surface area contributed by atoms with Gasteiger partial charge in [-0.25, -0.2) is 4.79 Å². The predicted octanol–water partition coefficient (Wildman–Crippen LogP) is 1.36. The van der Waals surface area contributed by atoms with E-state index in [9.17, 15) is 9.59 Å². The number of carboxylic acid groups (broad SMARTS) is 1. The topological polar surface area (TPSA) is 78.4 Å². The third-order valence-corrected chi connectivity index (χ3v) is 3.05. The highest BCUT2D eigenvalue weighted by atomic mass is 16.4. The Labute approximate surface area is 101 Å². The van der Waals surface area contributed by atoms with E-state index in [1.807, 2.05) is 6.92 Å². The van der Waals surface area contributed by atoms with Gasteiger partial charge in [0.1, 0.15) is 0 Å². The smallest absolute Gasteiger partial charge is 0.315 e. The van der Waals surface area contributed by atoms with Gasteiger partial charge in [0, 0.05) is 13.1 Å². The molecule has 1 aliphatic rings. The van der Waals surface area contributed by atoms with Gasteiger partial charge in [-0.05, 0) is 25.7 Å². The van der Waals surface area contributed by atoms with Gasteiger partial charge in [-0.3, -0.25) is 4.79 Å². The Hall–Kier alpha value is -1.52. The lowest BCUT2D eigenvalue weighted by Gasteiger charge is -2.16. The molecule has 0 spiro atoms. The van der Waals surface area contributed by atoms with Crippen LogP contribution in [-0.2, 0) is 4.79 Å². The Morgan fingerprint density at radius 2 is 2.06 bits per heavy atom. The second kappa shape index (κ2) is 6.27. The molecule has 1 aliphatic carbocycles. The standard InChI is InChI=1S/C12H20N2O3/c1-8(2)6-13-12(17)14-7-9-4-3-5-10(9)11(15)16/h9-10H,1,3-7H2,2H3,(H,15,16)(H2,13,14,17). The molecule has 0 aromatic rings. The summed E-state index contributed by atoms with van der Waals surface area (Å²) in [7, 11) is 0. The lowest BCUT2D eigenvalue weighted by atomic mass is 9.96. The van der Waals surface area contributed by atoms with E-state index in [1.165, 1.54) is 0 Å². The first kappa shape index (κ1) is 13.5. The first-order chi connectivity index (χ1) is 8.00. The molecule has 1 fully saturated rings. The second-order valence-electron chi connectivity index (χ2n) is 4.66. The summed E-state index contributed by atoms with van der Waals surface area (Å²) in [6.07, 6.45) is 2.52. The van der Waals surface area contributed by atoms with E-state index in [1.54, 1.807) is 0 Å². The zero-order valence-corrected chi connectivity index (χ0v) is 10.2. The molecule has 1 saturated carbocycles. The molecular weight excluding hydrogens is 220 g/mol. The van der Waals surface area contributed by atoms with Crippen molar-refractivity contribution in [2.24, 2.45) is 11.8 Å². The van der Waals surface area contributed by atoms with E-state index in [4.69, 9.17) is 5.11 Å². The maximum absolute atomic E-state index is 11.4. The molecule has 5 heteroatoms. The van der Waals surface area contributed by atoms with Gasteiger partial charge in [0.15, 0.2) is 0 Å². The third kappa shape index (κ3) is 4.46. The van der Waals surface area contributed by atoms with Crippen molar-refractivity contribution in [2.45, 2.75) is 26.2 Å². The minimum atomic E-state index is -0.753. The molecule has 0 radical (unpaired) electrons. The Morgan fingerprint density at radius 1 is 1.35 bits per heavy atom. The first-order valence-corrected chi connectivity index (χ1v) is 5.89. The van der Waals surface area contributed by atoms with Crippen LogP contribution in [0.3, 0.4) is 0 Å². The number of rotatable bonds is 5. The quantitative estimate of drug-likeness (QED) is 0.635. The van der Waals surface area contributed by atoms with E-state index in [2.05, 4.69) is 17.2 Å². The maximum Gasteiger partial charge on any atom is 0.315 e. The van der Waals surface area contributed by atoms with Crippen LogP contribution < -0.4 is 10.6 Å². The zero-order valence-electron chi connectivity index (χ0n) is 10.2. The summed E-state index contributed by atoms with van der Waals surface area (Å²) >= 11 is 0. The van der Waals surface area contributed by atoms with Gasteiger partial charge in [-0.15, -0.1) is 0 Å². The number of carbonyl (C=O) groups is 2. The number of carbonyl (C=O) groups excluding carboxylic acids is 1. The fourth-order valence-corrected chi connectivity index (χ4v) is 2.12. The van der Waals surface area contributed by atoms with Gasteiger partial charge < -0.3 is 15.7 Å². The Balaban J connectivity index is 2.27. The van der Waals surface area contributed by atoms with Crippen LogP contribution in [0, 0.1) is 11.8 Å². The van der Waals surface area contributed by atoms with Crippen LogP contribution in [0.15, 0.2) is 12.2 Å². The Kier molecular flexibility index (Phi) is 5.00. The fraction of sp³-hybridized carbons (Fsp3) is 0.667. The molecule has 0 aromatic heterocycles. The van der Waals surface area contributed by atoms with Crippen LogP contribution in [-0.4, -0.2) is 30.2 Å². The van der Waals surface area contributed by atoms with E-state index in [-0.39, 0.29) is 17.9 Å². The number of aliphatic carboxylic acids is 1. The van der Waals surface area contributed by atoms with Gasteiger partial charge in [0.2, 0.25) is 0 Å². The molecule has 1 rings (SSSR count). The highest BCUT2D eigenvalue weighted by Gasteiger charge is 2.32. The van der Waals surface area contributed by atoms with Crippen LogP contribution in [0.25, 0.3) is 0 Å². The van der Waals surface area contributed by atoms with Gasteiger partial charge in [0.25, 0.3) is 0 Å². The molecule has 0 aliphatic heterocycles. The minimum absolute atomic E-state index is 0.0584. The predicted molar refractivity (Wildman–Crippen MR) is 64.7 cm³/mol. The van der Waals surface area contributed by atoms with Crippen LogP contribution in [0.4, 0.5) is 4.79 Å². The zero-order chi connectivity index (χ0) is 12.8. The average molecular weight is 240 g/mol. The van der Waals surface area contributed by atoms with Crippen LogP contribution in [0.2, 0.25) is 0 Å². The van der Waals surface area contributed by atoms with Crippen molar-refractivity contribution in [2.75, 3.05) is 13.1 Å².